The van der Waals surface area contributed by atoms with Crippen LogP contribution >= 0.6 is 0 Å². The van der Waals surface area contributed by atoms with Gasteiger partial charge >= 0.3 is 5.97 Å². The van der Waals surface area contributed by atoms with Crippen molar-refractivity contribution in [2.24, 2.45) is 5.92 Å². The molecule has 0 unspecified atom stereocenters. The molecule has 0 spiro atoms. The van der Waals surface area contributed by atoms with E-state index in [1.54, 1.807) is 17.0 Å². The van der Waals surface area contributed by atoms with E-state index in [2.05, 4.69) is 0 Å². The summed E-state index contributed by atoms with van der Waals surface area (Å²) in [5.41, 5.74) is 0.704. The standard InChI is InChI=1S/C16H19NO4/c18-14(10-11-4-1-2-5-11)17-8-9-21-15-12(16(19)20)6-3-7-13(15)17/h3,6-7,11H,1-2,4-5,8-10H2,(H,19,20). The van der Waals surface area contributed by atoms with Crippen molar-refractivity contribution in [3.05, 3.63) is 23.8 Å². The summed E-state index contributed by atoms with van der Waals surface area (Å²) in [4.78, 5) is 25.4. The van der Waals surface area contributed by atoms with Gasteiger partial charge in [-0.25, -0.2) is 4.79 Å². The zero-order valence-corrected chi connectivity index (χ0v) is 11.9. The summed E-state index contributed by atoms with van der Waals surface area (Å²) in [7, 11) is 0. The van der Waals surface area contributed by atoms with Gasteiger partial charge in [-0.05, 0) is 30.9 Å². The van der Waals surface area contributed by atoms with E-state index in [1.807, 2.05) is 0 Å². The van der Waals surface area contributed by atoms with Crippen molar-refractivity contribution in [3.63, 3.8) is 0 Å². The molecule has 1 amide bonds. The normalized spacial score (nSPS) is 18.2. The lowest BCUT2D eigenvalue weighted by molar-refractivity contribution is -0.119. The van der Waals surface area contributed by atoms with Gasteiger partial charge in [-0.15, -0.1) is 0 Å². The highest BCUT2D eigenvalue weighted by molar-refractivity contribution is 6.00. The first-order chi connectivity index (χ1) is 10.2. The number of ether oxygens (including phenoxy) is 1. The SMILES string of the molecule is O=C(O)c1cccc2c1OCCN2C(=O)CC1CCCC1. The van der Waals surface area contributed by atoms with E-state index < -0.39 is 5.97 Å². The van der Waals surface area contributed by atoms with E-state index >= 15 is 0 Å². The molecule has 5 heteroatoms. The van der Waals surface area contributed by atoms with Crippen LogP contribution < -0.4 is 9.64 Å². The zero-order valence-electron chi connectivity index (χ0n) is 11.9. The highest BCUT2D eigenvalue weighted by Gasteiger charge is 2.29. The summed E-state index contributed by atoms with van der Waals surface area (Å²) >= 11 is 0. The Morgan fingerprint density at radius 1 is 1.29 bits per heavy atom. The summed E-state index contributed by atoms with van der Waals surface area (Å²) in [6, 6.07) is 4.92. The number of carbonyl (C=O) groups excluding carboxylic acids is 1. The number of hydrogen-bond donors (Lipinski definition) is 1. The van der Waals surface area contributed by atoms with Crippen LogP contribution in [0.15, 0.2) is 18.2 Å². The molecule has 5 nitrogen and oxygen atoms in total. The Bertz CT molecular complexity index is 563. The maximum atomic E-state index is 12.5. The number of amides is 1. The fourth-order valence-electron chi connectivity index (χ4n) is 3.25. The maximum absolute atomic E-state index is 12.5. The van der Waals surface area contributed by atoms with E-state index in [1.165, 1.54) is 18.9 Å². The molecule has 1 aliphatic heterocycles. The Labute approximate surface area is 123 Å². The van der Waals surface area contributed by atoms with Crippen LogP contribution in [-0.2, 0) is 4.79 Å². The molecule has 1 aromatic carbocycles. The number of fused-ring (bicyclic) bond motifs is 1. The third kappa shape index (κ3) is 2.73. The topological polar surface area (TPSA) is 66.8 Å². The van der Waals surface area contributed by atoms with E-state index in [0.29, 0.717) is 36.9 Å². The van der Waals surface area contributed by atoms with Gasteiger partial charge in [0.2, 0.25) is 5.91 Å². The first kappa shape index (κ1) is 13.9. The van der Waals surface area contributed by atoms with E-state index in [4.69, 9.17) is 4.74 Å². The van der Waals surface area contributed by atoms with Crippen molar-refractivity contribution in [3.8, 4) is 5.75 Å². The predicted molar refractivity (Wildman–Crippen MR) is 77.8 cm³/mol. The average molecular weight is 289 g/mol. The van der Waals surface area contributed by atoms with E-state index in [9.17, 15) is 14.7 Å². The van der Waals surface area contributed by atoms with Gasteiger partial charge in [0.25, 0.3) is 0 Å². The molecule has 1 aromatic rings. The zero-order chi connectivity index (χ0) is 14.8. The fraction of sp³-hybridized carbons (Fsp3) is 0.500. The maximum Gasteiger partial charge on any atom is 0.339 e. The minimum Gasteiger partial charge on any atom is -0.489 e. The molecule has 2 aliphatic rings. The van der Waals surface area contributed by atoms with Crippen molar-refractivity contribution in [1.82, 2.24) is 0 Å². The number of rotatable bonds is 3. The number of nitrogens with zero attached hydrogens (tertiary/aromatic N) is 1. The summed E-state index contributed by atoms with van der Waals surface area (Å²) in [6.45, 7) is 0.829. The van der Waals surface area contributed by atoms with Crippen LogP contribution in [0.25, 0.3) is 0 Å². The summed E-state index contributed by atoms with van der Waals surface area (Å²) in [5, 5.41) is 9.21. The highest BCUT2D eigenvalue weighted by Crippen LogP contribution is 2.36. The number of benzene rings is 1. The van der Waals surface area contributed by atoms with E-state index in [0.717, 1.165) is 12.8 Å². The van der Waals surface area contributed by atoms with Crippen LogP contribution in [0.4, 0.5) is 5.69 Å². The van der Waals surface area contributed by atoms with Crippen LogP contribution in [0, 0.1) is 5.92 Å². The molecule has 3 rings (SSSR count). The molecule has 112 valence electrons. The Hall–Kier alpha value is -2.04. The first-order valence-electron chi connectivity index (χ1n) is 7.46. The predicted octanol–water partition coefficient (Wildman–Crippen LogP) is 2.69. The molecule has 0 bridgehead atoms. The number of carbonyl (C=O) groups is 2. The first-order valence-corrected chi connectivity index (χ1v) is 7.46. The van der Waals surface area contributed by atoms with Crippen LogP contribution in [-0.4, -0.2) is 30.1 Å². The van der Waals surface area contributed by atoms with Gasteiger partial charge in [0.1, 0.15) is 12.2 Å². The van der Waals surface area contributed by atoms with Crippen molar-refractivity contribution in [2.45, 2.75) is 32.1 Å². The Morgan fingerprint density at radius 2 is 2.05 bits per heavy atom. The Morgan fingerprint density at radius 3 is 2.76 bits per heavy atom. The van der Waals surface area contributed by atoms with Crippen LogP contribution in [0.5, 0.6) is 5.75 Å². The van der Waals surface area contributed by atoms with Gasteiger partial charge in [-0.1, -0.05) is 18.9 Å². The summed E-state index contributed by atoms with van der Waals surface area (Å²) < 4.78 is 5.49. The molecule has 1 fully saturated rings. The number of carboxylic acid groups (broad SMARTS) is 1. The van der Waals surface area contributed by atoms with Crippen molar-refractivity contribution >= 4 is 17.6 Å². The van der Waals surface area contributed by atoms with Crippen molar-refractivity contribution < 1.29 is 19.4 Å². The van der Waals surface area contributed by atoms with Gasteiger partial charge in [-0.2, -0.15) is 0 Å². The van der Waals surface area contributed by atoms with Crippen molar-refractivity contribution in [2.75, 3.05) is 18.1 Å². The third-order valence-corrected chi connectivity index (χ3v) is 4.32. The Kier molecular flexibility index (Phi) is 3.82. The van der Waals surface area contributed by atoms with Gasteiger partial charge < -0.3 is 14.7 Å². The summed E-state index contributed by atoms with van der Waals surface area (Å²) in [5.74, 6) is -0.159. The molecular formula is C16H19NO4. The molecule has 0 atom stereocenters. The third-order valence-electron chi connectivity index (χ3n) is 4.32. The second kappa shape index (κ2) is 5.76. The molecule has 1 saturated carbocycles. The molecule has 0 saturated heterocycles. The number of aromatic carboxylic acids is 1. The Balaban J connectivity index is 1.84. The lowest BCUT2D eigenvalue weighted by Gasteiger charge is -2.31. The van der Waals surface area contributed by atoms with Crippen LogP contribution in [0.2, 0.25) is 0 Å². The largest absolute Gasteiger partial charge is 0.489 e. The minimum absolute atomic E-state index is 0.0778. The molecule has 0 radical (unpaired) electrons. The molecule has 1 heterocycles. The summed E-state index contributed by atoms with van der Waals surface area (Å²) in [6.07, 6.45) is 5.22. The molecular weight excluding hydrogens is 270 g/mol. The van der Waals surface area contributed by atoms with Gasteiger partial charge in [0.15, 0.2) is 5.75 Å². The lowest BCUT2D eigenvalue weighted by Crippen LogP contribution is -2.39. The second-order valence-corrected chi connectivity index (χ2v) is 5.71. The monoisotopic (exact) mass is 289 g/mol. The number of hydrogen-bond acceptors (Lipinski definition) is 3. The molecule has 1 aliphatic carbocycles. The molecule has 21 heavy (non-hydrogen) atoms. The minimum atomic E-state index is -1.03. The average Bonchev–Trinajstić information content (AvgIpc) is 2.98. The van der Waals surface area contributed by atoms with Crippen molar-refractivity contribution in [1.29, 1.82) is 0 Å². The number of para-hydroxylation sites is 1. The lowest BCUT2D eigenvalue weighted by atomic mass is 10.0. The van der Waals surface area contributed by atoms with E-state index in [-0.39, 0.29) is 11.5 Å². The molecule has 0 aromatic heterocycles. The second-order valence-electron chi connectivity index (χ2n) is 5.71. The highest BCUT2D eigenvalue weighted by atomic mass is 16.5. The van der Waals surface area contributed by atoms with Gasteiger partial charge in [-0.3, -0.25) is 4.79 Å². The van der Waals surface area contributed by atoms with Crippen LogP contribution in [0.3, 0.4) is 0 Å². The van der Waals surface area contributed by atoms with Gasteiger partial charge in [0.05, 0.1) is 12.2 Å². The smallest absolute Gasteiger partial charge is 0.339 e. The van der Waals surface area contributed by atoms with Crippen LogP contribution in [0.1, 0.15) is 42.5 Å². The van der Waals surface area contributed by atoms with Gasteiger partial charge in [0, 0.05) is 6.42 Å². The number of carboxylic acids is 1. The fourth-order valence-corrected chi connectivity index (χ4v) is 3.25. The number of anilines is 1. The quantitative estimate of drug-likeness (QED) is 0.929. The molecule has 1 N–H and O–H groups in total.